The maximum atomic E-state index is 12.2. The second-order valence-electron chi connectivity index (χ2n) is 5.50. The average molecular weight is 287 g/mol. The largest absolute Gasteiger partial charge is 0.385 e. The number of para-hydroxylation sites is 2. The number of methoxy groups -OCH3 is 1. The Morgan fingerprint density at radius 1 is 1.48 bits per heavy atom. The van der Waals surface area contributed by atoms with Gasteiger partial charge in [0.05, 0.1) is 11.0 Å². The van der Waals surface area contributed by atoms with Gasteiger partial charge in [-0.1, -0.05) is 12.1 Å². The number of fused-ring (bicyclic) bond motifs is 3. The van der Waals surface area contributed by atoms with E-state index in [2.05, 4.69) is 20.9 Å². The number of rotatable bonds is 5. The fraction of sp³-hybridized carbons (Fsp3) is 0.500. The number of carbonyl (C=O) groups is 1. The number of nitrogens with one attached hydrogen (secondary N) is 1. The van der Waals surface area contributed by atoms with Crippen LogP contribution in [0.3, 0.4) is 0 Å². The molecule has 112 valence electrons. The van der Waals surface area contributed by atoms with Crippen LogP contribution in [0.4, 0.5) is 0 Å². The maximum Gasteiger partial charge on any atom is 0.223 e. The van der Waals surface area contributed by atoms with E-state index in [-0.39, 0.29) is 11.8 Å². The molecule has 0 radical (unpaired) electrons. The van der Waals surface area contributed by atoms with Gasteiger partial charge in [-0.25, -0.2) is 4.98 Å². The highest BCUT2D eigenvalue weighted by atomic mass is 16.5. The fourth-order valence-corrected chi connectivity index (χ4v) is 2.93. The summed E-state index contributed by atoms with van der Waals surface area (Å²) in [5.41, 5.74) is 2.19. The van der Waals surface area contributed by atoms with Crippen LogP contribution >= 0.6 is 0 Å². The molecule has 5 heteroatoms. The number of aryl methyl sites for hydroxylation is 1. The van der Waals surface area contributed by atoms with Gasteiger partial charge in [0, 0.05) is 39.1 Å². The van der Waals surface area contributed by atoms with Crippen LogP contribution in [0.1, 0.15) is 18.7 Å². The van der Waals surface area contributed by atoms with Crippen molar-refractivity contribution >= 4 is 16.9 Å². The summed E-state index contributed by atoms with van der Waals surface area (Å²) in [6, 6.07) is 8.16. The smallest absolute Gasteiger partial charge is 0.223 e. The molecule has 5 nitrogen and oxygen atoms in total. The van der Waals surface area contributed by atoms with Crippen molar-refractivity contribution in [2.45, 2.75) is 25.8 Å². The third-order valence-electron chi connectivity index (χ3n) is 4.06. The first kappa shape index (κ1) is 14.1. The van der Waals surface area contributed by atoms with Crippen molar-refractivity contribution in [3.63, 3.8) is 0 Å². The zero-order valence-electron chi connectivity index (χ0n) is 12.3. The Morgan fingerprint density at radius 2 is 2.33 bits per heavy atom. The van der Waals surface area contributed by atoms with Gasteiger partial charge in [0.15, 0.2) is 0 Å². The first-order chi connectivity index (χ1) is 10.3. The van der Waals surface area contributed by atoms with E-state index in [1.54, 1.807) is 7.11 Å². The van der Waals surface area contributed by atoms with Crippen LogP contribution in [0, 0.1) is 5.92 Å². The van der Waals surface area contributed by atoms with Crippen LogP contribution in [0.15, 0.2) is 24.3 Å². The predicted octanol–water partition coefficient (Wildman–Crippen LogP) is 1.75. The van der Waals surface area contributed by atoms with Crippen molar-refractivity contribution in [3.8, 4) is 0 Å². The highest BCUT2D eigenvalue weighted by Crippen LogP contribution is 2.25. The van der Waals surface area contributed by atoms with E-state index < -0.39 is 0 Å². The molecule has 1 aromatic carbocycles. The first-order valence-electron chi connectivity index (χ1n) is 7.50. The van der Waals surface area contributed by atoms with E-state index in [1.165, 1.54) is 5.52 Å². The van der Waals surface area contributed by atoms with E-state index in [0.717, 1.165) is 37.1 Å². The molecule has 0 aliphatic carbocycles. The van der Waals surface area contributed by atoms with Crippen molar-refractivity contribution in [2.24, 2.45) is 5.92 Å². The number of hydrogen-bond donors (Lipinski definition) is 1. The Kier molecular flexibility index (Phi) is 4.20. The second-order valence-corrected chi connectivity index (χ2v) is 5.50. The lowest BCUT2D eigenvalue weighted by Crippen LogP contribution is -2.36. The number of aromatic nitrogens is 2. The minimum Gasteiger partial charge on any atom is -0.385 e. The molecular weight excluding hydrogens is 266 g/mol. The van der Waals surface area contributed by atoms with Crippen LogP contribution in [0.2, 0.25) is 0 Å². The van der Waals surface area contributed by atoms with Crippen molar-refractivity contribution in [1.82, 2.24) is 14.9 Å². The minimum absolute atomic E-state index is 0.0388. The lowest BCUT2D eigenvalue weighted by atomic mass is 9.97. The Labute approximate surface area is 124 Å². The predicted molar refractivity (Wildman–Crippen MR) is 81.0 cm³/mol. The normalized spacial score (nSPS) is 17.7. The lowest BCUT2D eigenvalue weighted by Gasteiger charge is -2.23. The molecule has 3 rings (SSSR count). The zero-order chi connectivity index (χ0) is 14.7. The summed E-state index contributed by atoms with van der Waals surface area (Å²) >= 11 is 0. The first-order valence-corrected chi connectivity index (χ1v) is 7.50. The third-order valence-corrected chi connectivity index (χ3v) is 4.06. The fourth-order valence-electron chi connectivity index (χ4n) is 2.93. The quantitative estimate of drug-likeness (QED) is 0.852. The summed E-state index contributed by atoms with van der Waals surface area (Å²) in [7, 11) is 1.67. The van der Waals surface area contributed by atoms with Gasteiger partial charge < -0.3 is 14.6 Å². The van der Waals surface area contributed by atoms with Crippen molar-refractivity contribution in [3.05, 3.63) is 30.1 Å². The molecule has 2 aromatic rings. The lowest BCUT2D eigenvalue weighted by molar-refractivity contribution is -0.125. The van der Waals surface area contributed by atoms with Crippen LogP contribution < -0.4 is 5.32 Å². The van der Waals surface area contributed by atoms with Crippen molar-refractivity contribution in [2.75, 3.05) is 20.3 Å². The van der Waals surface area contributed by atoms with E-state index in [0.29, 0.717) is 13.2 Å². The van der Waals surface area contributed by atoms with Gasteiger partial charge in [0.2, 0.25) is 5.91 Å². The minimum atomic E-state index is 0.0388. The van der Waals surface area contributed by atoms with Gasteiger partial charge in [0.1, 0.15) is 5.82 Å². The SMILES string of the molecule is COCCCNC(=O)C1CCn2c(nc3ccccc32)C1. The van der Waals surface area contributed by atoms with Crippen LogP contribution in [-0.2, 0) is 22.5 Å². The number of carbonyl (C=O) groups excluding carboxylic acids is 1. The second kappa shape index (κ2) is 6.26. The van der Waals surface area contributed by atoms with E-state index in [1.807, 2.05) is 18.2 Å². The number of imidazole rings is 1. The molecule has 1 N–H and O–H groups in total. The van der Waals surface area contributed by atoms with Gasteiger partial charge >= 0.3 is 0 Å². The molecule has 0 spiro atoms. The van der Waals surface area contributed by atoms with Gasteiger partial charge in [-0.05, 0) is 25.0 Å². The summed E-state index contributed by atoms with van der Waals surface area (Å²) < 4.78 is 7.22. The molecule has 2 heterocycles. The van der Waals surface area contributed by atoms with Crippen LogP contribution in [0.5, 0.6) is 0 Å². The van der Waals surface area contributed by atoms with Crippen LogP contribution in [-0.4, -0.2) is 35.7 Å². The number of ether oxygens (including phenoxy) is 1. The average Bonchev–Trinajstić information content (AvgIpc) is 2.89. The van der Waals surface area contributed by atoms with E-state index >= 15 is 0 Å². The molecule has 0 bridgehead atoms. The standard InChI is InChI=1S/C16H21N3O2/c1-21-10-4-8-17-16(20)12-7-9-19-14-6-3-2-5-13(14)18-15(19)11-12/h2-3,5-6,12H,4,7-11H2,1H3,(H,17,20). The number of amides is 1. The monoisotopic (exact) mass is 287 g/mol. The number of hydrogen-bond acceptors (Lipinski definition) is 3. The highest BCUT2D eigenvalue weighted by molar-refractivity contribution is 5.80. The summed E-state index contributed by atoms with van der Waals surface area (Å²) in [6.45, 7) is 2.23. The van der Waals surface area contributed by atoms with E-state index in [4.69, 9.17) is 4.74 Å². The molecule has 1 atom stereocenters. The Balaban J connectivity index is 1.65. The molecule has 1 unspecified atom stereocenters. The zero-order valence-corrected chi connectivity index (χ0v) is 12.3. The molecule has 1 amide bonds. The van der Waals surface area contributed by atoms with Crippen molar-refractivity contribution in [1.29, 1.82) is 0 Å². The molecular formula is C16H21N3O2. The summed E-state index contributed by atoms with van der Waals surface area (Å²) in [5.74, 6) is 1.21. The summed E-state index contributed by atoms with van der Waals surface area (Å²) in [6.07, 6.45) is 2.46. The maximum absolute atomic E-state index is 12.2. The molecule has 21 heavy (non-hydrogen) atoms. The molecule has 1 aromatic heterocycles. The number of nitrogens with zero attached hydrogens (tertiary/aromatic N) is 2. The molecule has 0 saturated carbocycles. The molecule has 0 fully saturated rings. The Morgan fingerprint density at radius 3 is 3.19 bits per heavy atom. The van der Waals surface area contributed by atoms with Gasteiger partial charge in [-0.15, -0.1) is 0 Å². The van der Waals surface area contributed by atoms with Crippen molar-refractivity contribution < 1.29 is 9.53 Å². The summed E-state index contributed by atoms with van der Waals surface area (Å²) in [5, 5.41) is 3.00. The Hall–Kier alpha value is -1.88. The molecule has 1 aliphatic heterocycles. The Bertz CT molecular complexity index is 635. The number of benzene rings is 1. The van der Waals surface area contributed by atoms with Gasteiger partial charge in [-0.2, -0.15) is 0 Å². The molecule has 0 saturated heterocycles. The highest BCUT2D eigenvalue weighted by Gasteiger charge is 2.26. The third kappa shape index (κ3) is 2.93. The molecule has 1 aliphatic rings. The van der Waals surface area contributed by atoms with Crippen LogP contribution in [0.25, 0.3) is 11.0 Å². The summed E-state index contributed by atoms with van der Waals surface area (Å²) in [4.78, 5) is 16.9. The topological polar surface area (TPSA) is 56.1 Å². The van der Waals surface area contributed by atoms with Gasteiger partial charge in [0.25, 0.3) is 0 Å². The van der Waals surface area contributed by atoms with Gasteiger partial charge in [-0.3, -0.25) is 4.79 Å². The van der Waals surface area contributed by atoms with E-state index in [9.17, 15) is 4.79 Å².